The molecule has 0 saturated heterocycles. The maximum absolute atomic E-state index is 12.8. The first kappa shape index (κ1) is 18.9. The number of rotatable bonds is 3. The topological polar surface area (TPSA) is 25.8 Å². The summed E-state index contributed by atoms with van der Waals surface area (Å²) in [6, 6.07) is 20.8. The van der Waals surface area contributed by atoms with Crippen molar-refractivity contribution in [2.45, 2.75) is 13.1 Å². The first-order chi connectivity index (χ1) is 13.9. The highest BCUT2D eigenvalue weighted by Crippen LogP contribution is 2.32. The predicted molar refractivity (Wildman–Crippen MR) is 108 cm³/mol. The summed E-state index contributed by atoms with van der Waals surface area (Å²) in [5.74, 6) is 0. The van der Waals surface area contributed by atoms with Crippen LogP contribution in [0.2, 0.25) is 0 Å². The lowest BCUT2D eigenvalue weighted by atomic mass is 9.99. The number of benzene rings is 2. The van der Waals surface area contributed by atoms with Crippen LogP contribution in [-0.4, -0.2) is 9.97 Å². The van der Waals surface area contributed by atoms with E-state index in [0.29, 0.717) is 5.56 Å². The minimum Gasteiger partial charge on any atom is -0.264 e. The molecule has 0 saturated carbocycles. The Labute approximate surface area is 166 Å². The van der Waals surface area contributed by atoms with Gasteiger partial charge in [0, 0.05) is 29.2 Å². The third-order valence-corrected chi connectivity index (χ3v) is 4.65. The number of halogens is 3. The van der Waals surface area contributed by atoms with Gasteiger partial charge in [-0.25, -0.2) is 0 Å². The van der Waals surface area contributed by atoms with Crippen molar-refractivity contribution in [1.82, 2.24) is 9.97 Å². The van der Waals surface area contributed by atoms with Crippen LogP contribution >= 0.6 is 0 Å². The Balaban J connectivity index is 1.73. The van der Waals surface area contributed by atoms with Crippen molar-refractivity contribution in [3.8, 4) is 33.5 Å². The molecule has 0 spiro atoms. The van der Waals surface area contributed by atoms with Gasteiger partial charge in [-0.2, -0.15) is 13.2 Å². The zero-order chi connectivity index (χ0) is 20.4. The SMILES string of the molecule is Cc1cc(-c2ccc(C(F)(F)F)cc2)cc(-c2cccc(-c3cccnc3)c2)n1. The molecule has 0 bridgehead atoms. The van der Waals surface area contributed by atoms with Gasteiger partial charge < -0.3 is 0 Å². The lowest BCUT2D eigenvalue weighted by molar-refractivity contribution is -0.137. The number of nitrogens with zero attached hydrogens (tertiary/aromatic N) is 2. The van der Waals surface area contributed by atoms with E-state index in [4.69, 9.17) is 0 Å². The Morgan fingerprint density at radius 3 is 2.10 bits per heavy atom. The number of hydrogen-bond donors (Lipinski definition) is 0. The third kappa shape index (κ3) is 4.19. The fourth-order valence-corrected chi connectivity index (χ4v) is 3.23. The molecule has 0 aliphatic carbocycles. The summed E-state index contributed by atoms with van der Waals surface area (Å²) in [4.78, 5) is 8.79. The Hall–Kier alpha value is -3.47. The molecule has 4 aromatic rings. The van der Waals surface area contributed by atoms with E-state index >= 15 is 0 Å². The fraction of sp³-hybridized carbons (Fsp3) is 0.0833. The molecule has 0 aliphatic rings. The molecule has 0 atom stereocenters. The van der Waals surface area contributed by atoms with E-state index in [2.05, 4.69) is 9.97 Å². The molecule has 0 fully saturated rings. The summed E-state index contributed by atoms with van der Waals surface area (Å²) in [6.07, 6.45) is -0.813. The largest absolute Gasteiger partial charge is 0.416 e. The molecule has 0 N–H and O–H groups in total. The Kier molecular flexibility index (Phi) is 4.89. The quantitative estimate of drug-likeness (QED) is 0.384. The lowest BCUT2D eigenvalue weighted by Crippen LogP contribution is -2.04. The molecular weight excluding hydrogens is 373 g/mol. The van der Waals surface area contributed by atoms with Gasteiger partial charge in [-0.3, -0.25) is 9.97 Å². The first-order valence-corrected chi connectivity index (χ1v) is 9.07. The smallest absolute Gasteiger partial charge is 0.264 e. The van der Waals surface area contributed by atoms with Gasteiger partial charge in [0.1, 0.15) is 0 Å². The number of hydrogen-bond acceptors (Lipinski definition) is 2. The zero-order valence-corrected chi connectivity index (χ0v) is 15.6. The molecule has 2 aromatic carbocycles. The highest BCUT2D eigenvalue weighted by molar-refractivity contribution is 5.75. The Bertz CT molecular complexity index is 1130. The van der Waals surface area contributed by atoms with E-state index in [1.54, 1.807) is 12.4 Å². The maximum atomic E-state index is 12.8. The molecule has 2 heterocycles. The van der Waals surface area contributed by atoms with Crippen molar-refractivity contribution in [3.05, 3.63) is 96.4 Å². The Morgan fingerprint density at radius 1 is 0.690 bits per heavy atom. The van der Waals surface area contributed by atoms with Crippen LogP contribution in [0.5, 0.6) is 0 Å². The summed E-state index contributed by atoms with van der Waals surface area (Å²) in [7, 11) is 0. The molecule has 0 radical (unpaired) electrons. The van der Waals surface area contributed by atoms with Gasteiger partial charge in [-0.15, -0.1) is 0 Å². The molecule has 4 rings (SSSR count). The number of aryl methyl sites for hydroxylation is 1. The summed E-state index contributed by atoms with van der Waals surface area (Å²) >= 11 is 0. The zero-order valence-electron chi connectivity index (χ0n) is 15.6. The van der Waals surface area contributed by atoms with E-state index in [0.717, 1.165) is 45.8 Å². The minimum atomic E-state index is -4.34. The minimum absolute atomic E-state index is 0.656. The molecule has 2 nitrogen and oxygen atoms in total. The molecule has 2 aromatic heterocycles. The molecule has 0 amide bonds. The monoisotopic (exact) mass is 390 g/mol. The van der Waals surface area contributed by atoms with Crippen molar-refractivity contribution in [2.75, 3.05) is 0 Å². The van der Waals surface area contributed by atoms with E-state index in [1.807, 2.05) is 55.5 Å². The van der Waals surface area contributed by atoms with Gasteiger partial charge >= 0.3 is 6.18 Å². The second-order valence-electron chi connectivity index (χ2n) is 6.78. The van der Waals surface area contributed by atoms with Crippen molar-refractivity contribution in [2.24, 2.45) is 0 Å². The van der Waals surface area contributed by atoms with Crippen molar-refractivity contribution < 1.29 is 13.2 Å². The van der Waals surface area contributed by atoms with Crippen LogP contribution in [0.25, 0.3) is 33.5 Å². The average Bonchev–Trinajstić information content (AvgIpc) is 2.73. The lowest BCUT2D eigenvalue weighted by Gasteiger charge is -2.11. The van der Waals surface area contributed by atoms with Crippen molar-refractivity contribution in [1.29, 1.82) is 0 Å². The van der Waals surface area contributed by atoms with Crippen LogP contribution in [0.3, 0.4) is 0 Å². The van der Waals surface area contributed by atoms with E-state index in [1.165, 1.54) is 12.1 Å². The van der Waals surface area contributed by atoms with Gasteiger partial charge in [-0.1, -0.05) is 36.4 Å². The number of pyridine rings is 2. The highest BCUT2D eigenvalue weighted by atomic mass is 19.4. The van der Waals surface area contributed by atoms with Crippen LogP contribution in [0, 0.1) is 6.92 Å². The van der Waals surface area contributed by atoms with Gasteiger partial charge in [0.05, 0.1) is 11.3 Å². The highest BCUT2D eigenvalue weighted by Gasteiger charge is 2.30. The maximum Gasteiger partial charge on any atom is 0.416 e. The van der Waals surface area contributed by atoms with Gasteiger partial charge in [0.25, 0.3) is 0 Å². The summed E-state index contributed by atoms with van der Waals surface area (Å²) in [5.41, 5.74) is 5.41. The van der Waals surface area contributed by atoms with Crippen molar-refractivity contribution in [3.63, 3.8) is 0 Å². The van der Waals surface area contributed by atoms with E-state index in [9.17, 15) is 13.2 Å². The summed E-state index contributed by atoms with van der Waals surface area (Å²) < 4.78 is 38.5. The molecular formula is C24H17F3N2. The van der Waals surface area contributed by atoms with Gasteiger partial charge in [0.2, 0.25) is 0 Å². The van der Waals surface area contributed by atoms with Crippen LogP contribution < -0.4 is 0 Å². The van der Waals surface area contributed by atoms with Crippen LogP contribution in [-0.2, 0) is 6.18 Å². The normalized spacial score (nSPS) is 11.4. The molecule has 0 unspecified atom stereocenters. The number of alkyl halides is 3. The van der Waals surface area contributed by atoms with Crippen LogP contribution in [0.4, 0.5) is 13.2 Å². The molecule has 29 heavy (non-hydrogen) atoms. The Morgan fingerprint density at radius 2 is 1.41 bits per heavy atom. The third-order valence-electron chi connectivity index (χ3n) is 4.65. The van der Waals surface area contributed by atoms with E-state index in [-0.39, 0.29) is 0 Å². The van der Waals surface area contributed by atoms with Gasteiger partial charge in [0.15, 0.2) is 0 Å². The summed E-state index contributed by atoms with van der Waals surface area (Å²) in [6.45, 7) is 1.88. The summed E-state index contributed by atoms with van der Waals surface area (Å²) in [5, 5.41) is 0. The van der Waals surface area contributed by atoms with Gasteiger partial charge in [-0.05, 0) is 60.0 Å². The second kappa shape index (κ2) is 7.51. The average molecular weight is 390 g/mol. The first-order valence-electron chi connectivity index (χ1n) is 9.07. The molecule has 0 aliphatic heterocycles. The predicted octanol–water partition coefficient (Wildman–Crippen LogP) is 6.80. The molecule has 5 heteroatoms. The number of aromatic nitrogens is 2. The van der Waals surface area contributed by atoms with E-state index < -0.39 is 11.7 Å². The second-order valence-corrected chi connectivity index (χ2v) is 6.78. The van der Waals surface area contributed by atoms with Crippen LogP contribution in [0.15, 0.2) is 85.2 Å². The van der Waals surface area contributed by atoms with Crippen molar-refractivity contribution >= 4 is 0 Å². The van der Waals surface area contributed by atoms with Crippen LogP contribution in [0.1, 0.15) is 11.3 Å². The standard InChI is InChI=1S/C24H17F3N2/c1-16-12-21(17-7-9-22(10-8-17)24(25,26)27)14-23(29-16)19-5-2-4-18(13-19)20-6-3-11-28-15-20/h2-15H,1H3. The fourth-order valence-electron chi connectivity index (χ4n) is 3.23. The molecule has 144 valence electrons.